The smallest absolute Gasteiger partial charge is 0.223 e. The lowest BCUT2D eigenvalue weighted by atomic mass is 10.1. The van der Waals surface area contributed by atoms with Crippen molar-refractivity contribution in [2.45, 2.75) is 18.9 Å². The Morgan fingerprint density at radius 2 is 2.50 bits per heavy atom. The van der Waals surface area contributed by atoms with Crippen LogP contribution in [0.1, 0.15) is 23.4 Å². The van der Waals surface area contributed by atoms with Gasteiger partial charge in [-0.1, -0.05) is 0 Å². The van der Waals surface area contributed by atoms with Crippen molar-refractivity contribution >= 4 is 18.2 Å². The number of nitrogens with one attached hydrogen (secondary N) is 1. The zero-order valence-corrected chi connectivity index (χ0v) is 9.79. The molecule has 0 radical (unpaired) electrons. The van der Waals surface area contributed by atoms with Crippen LogP contribution in [0.15, 0.2) is 22.8 Å². The number of Topliss-reactive ketones (excluding diaryl/α,β-unsaturated/α-hetero) is 1. The lowest BCUT2D eigenvalue weighted by molar-refractivity contribution is 0.0332. The molecule has 0 unspecified atom stereocenters. The molecule has 90 valence electrons. The molecule has 2 rings (SSSR count). The van der Waals surface area contributed by atoms with Crippen molar-refractivity contribution in [2.24, 2.45) is 0 Å². The summed E-state index contributed by atoms with van der Waals surface area (Å²) in [7, 11) is 0. The number of hydrogen-bond donors (Lipinski definition) is 1. The van der Waals surface area contributed by atoms with Crippen molar-refractivity contribution in [3.05, 3.63) is 24.2 Å². The van der Waals surface area contributed by atoms with Crippen LogP contribution in [0.2, 0.25) is 0 Å². The first-order valence-electron chi connectivity index (χ1n) is 5.25. The molecule has 0 aliphatic carbocycles. The van der Waals surface area contributed by atoms with E-state index in [0.717, 1.165) is 25.9 Å². The van der Waals surface area contributed by atoms with E-state index in [1.54, 1.807) is 12.1 Å². The van der Waals surface area contributed by atoms with Gasteiger partial charge < -0.3 is 14.5 Å². The maximum atomic E-state index is 11.5. The average Bonchev–Trinajstić information content (AvgIpc) is 2.81. The van der Waals surface area contributed by atoms with Crippen molar-refractivity contribution in [3.63, 3.8) is 0 Å². The number of carbonyl (C=O) groups excluding carboxylic acids is 1. The molecule has 2 heterocycles. The Kier molecular flexibility index (Phi) is 5.52. The second-order valence-corrected chi connectivity index (χ2v) is 3.68. The van der Waals surface area contributed by atoms with Crippen molar-refractivity contribution in [2.75, 3.05) is 19.7 Å². The van der Waals surface area contributed by atoms with Crippen LogP contribution in [-0.4, -0.2) is 31.6 Å². The number of hydrogen-bond acceptors (Lipinski definition) is 4. The molecule has 5 heteroatoms. The Hall–Kier alpha value is -0.840. The van der Waals surface area contributed by atoms with Crippen LogP contribution in [0.5, 0.6) is 0 Å². The van der Waals surface area contributed by atoms with E-state index in [2.05, 4.69) is 5.32 Å². The second-order valence-electron chi connectivity index (χ2n) is 3.68. The molecule has 16 heavy (non-hydrogen) atoms. The Morgan fingerprint density at radius 3 is 3.12 bits per heavy atom. The summed E-state index contributed by atoms with van der Waals surface area (Å²) in [5, 5.41) is 3.23. The highest BCUT2D eigenvalue weighted by Crippen LogP contribution is 2.07. The minimum absolute atomic E-state index is 0. The highest BCUT2D eigenvalue weighted by atomic mass is 35.5. The molecule has 0 spiro atoms. The monoisotopic (exact) mass is 245 g/mol. The van der Waals surface area contributed by atoms with Gasteiger partial charge in [-0.25, -0.2) is 0 Å². The van der Waals surface area contributed by atoms with Gasteiger partial charge in [0.05, 0.1) is 12.4 Å². The number of ether oxygens (including phenoxy) is 1. The molecule has 1 fully saturated rings. The van der Waals surface area contributed by atoms with Crippen molar-refractivity contribution < 1.29 is 13.9 Å². The van der Waals surface area contributed by atoms with E-state index in [4.69, 9.17) is 9.15 Å². The Balaban J connectivity index is 0.00000128. The molecule has 1 aliphatic heterocycles. The quantitative estimate of drug-likeness (QED) is 0.820. The second kappa shape index (κ2) is 6.68. The normalized spacial score (nSPS) is 20.1. The first-order chi connectivity index (χ1) is 7.36. The highest BCUT2D eigenvalue weighted by Gasteiger charge is 2.16. The standard InChI is InChI=1S/C11H15NO3.ClH/c13-10(11-4-2-6-14-11)8-15-9-3-1-5-12-7-9;/h2,4,6,9,12H,1,3,5,7-8H2;1H/t9-;/m1./s1. The molecule has 1 aromatic rings. The lowest BCUT2D eigenvalue weighted by Crippen LogP contribution is -2.36. The van der Waals surface area contributed by atoms with Gasteiger partial charge in [0.25, 0.3) is 0 Å². The molecular weight excluding hydrogens is 230 g/mol. The topological polar surface area (TPSA) is 51.5 Å². The zero-order valence-electron chi connectivity index (χ0n) is 8.98. The minimum atomic E-state index is -0.0921. The van der Waals surface area contributed by atoms with E-state index in [9.17, 15) is 4.79 Å². The fourth-order valence-electron chi connectivity index (χ4n) is 1.66. The van der Waals surface area contributed by atoms with Gasteiger partial charge in [0.15, 0.2) is 5.76 Å². The molecule has 1 N–H and O–H groups in total. The number of ketones is 1. The van der Waals surface area contributed by atoms with Gasteiger partial charge in [-0.3, -0.25) is 4.79 Å². The summed E-state index contributed by atoms with van der Waals surface area (Å²) in [5.41, 5.74) is 0. The molecule has 1 atom stereocenters. The third kappa shape index (κ3) is 3.63. The van der Waals surface area contributed by atoms with E-state index >= 15 is 0 Å². The van der Waals surface area contributed by atoms with Crippen LogP contribution in [-0.2, 0) is 4.74 Å². The summed E-state index contributed by atoms with van der Waals surface area (Å²) >= 11 is 0. The van der Waals surface area contributed by atoms with Crippen LogP contribution >= 0.6 is 12.4 Å². The molecule has 1 aliphatic rings. The number of rotatable bonds is 4. The van der Waals surface area contributed by atoms with Gasteiger partial charge in [0.2, 0.25) is 5.78 Å². The van der Waals surface area contributed by atoms with Gasteiger partial charge in [0.1, 0.15) is 6.61 Å². The summed E-state index contributed by atoms with van der Waals surface area (Å²) in [6, 6.07) is 3.36. The molecule has 0 saturated carbocycles. The average molecular weight is 246 g/mol. The maximum absolute atomic E-state index is 11.5. The fraction of sp³-hybridized carbons (Fsp3) is 0.545. The number of carbonyl (C=O) groups is 1. The summed E-state index contributed by atoms with van der Waals surface area (Å²) in [6.45, 7) is 2.00. The van der Waals surface area contributed by atoms with Crippen molar-refractivity contribution in [1.29, 1.82) is 0 Å². The summed E-state index contributed by atoms with van der Waals surface area (Å²) in [5.74, 6) is 0.282. The Labute approximate surface area is 101 Å². The first-order valence-corrected chi connectivity index (χ1v) is 5.25. The van der Waals surface area contributed by atoms with Gasteiger partial charge in [-0.05, 0) is 31.5 Å². The largest absolute Gasteiger partial charge is 0.461 e. The van der Waals surface area contributed by atoms with Crippen LogP contribution in [0, 0.1) is 0 Å². The maximum Gasteiger partial charge on any atom is 0.223 e. The van der Waals surface area contributed by atoms with Crippen molar-refractivity contribution in [1.82, 2.24) is 5.32 Å². The number of halogens is 1. The molecular formula is C11H16ClNO3. The molecule has 1 saturated heterocycles. The van der Waals surface area contributed by atoms with Gasteiger partial charge in [0, 0.05) is 6.54 Å². The number of furan rings is 1. The lowest BCUT2D eigenvalue weighted by Gasteiger charge is -2.22. The molecule has 0 aromatic carbocycles. The van der Waals surface area contributed by atoms with Gasteiger partial charge in [-0.15, -0.1) is 12.4 Å². The van der Waals surface area contributed by atoms with E-state index in [0.29, 0.717) is 5.76 Å². The molecule has 0 bridgehead atoms. The third-order valence-electron chi connectivity index (χ3n) is 2.50. The zero-order chi connectivity index (χ0) is 10.5. The SMILES string of the molecule is Cl.O=C(CO[C@@H]1CCCNC1)c1ccco1. The van der Waals surface area contributed by atoms with Gasteiger partial charge >= 0.3 is 0 Å². The molecule has 1 aromatic heterocycles. The van der Waals surface area contributed by atoms with Crippen molar-refractivity contribution in [3.8, 4) is 0 Å². The molecule has 4 nitrogen and oxygen atoms in total. The predicted molar refractivity (Wildman–Crippen MR) is 62.1 cm³/mol. The van der Waals surface area contributed by atoms with E-state index in [-0.39, 0.29) is 30.9 Å². The number of piperidine rings is 1. The van der Waals surface area contributed by atoms with Gasteiger partial charge in [-0.2, -0.15) is 0 Å². The summed E-state index contributed by atoms with van der Waals surface area (Å²) in [6.07, 6.45) is 3.80. The molecule has 0 amide bonds. The highest BCUT2D eigenvalue weighted by molar-refractivity contribution is 5.94. The summed E-state index contributed by atoms with van der Waals surface area (Å²) < 4.78 is 10.5. The Bertz CT molecular complexity index is 307. The van der Waals surface area contributed by atoms with Crippen LogP contribution < -0.4 is 5.32 Å². The third-order valence-corrected chi connectivity index (χ3v) is 2.50. The first kappa shape index (κ1) is 13.2. The van der Waals surface area contributed by atoms with E-state index in [1.807, 2.05) is 0 Å². The van der Waals surface area contributed by atoms with Crippen LogP contribution in [0.3, 0.4) is 0 Å². The van der Waals surface area contributed by atoms with E-state index < -0.39 is 0 Å². The predicted octanol–water partition coefficient (Wildman–Crippen LogP) is 1.65. The van der Waals surface area contributed by atoms with E-state index in [1.165, 1.54) is 6.26 Å². The van der Waals surface area contributed by atoms with Crippen LogP contribution in [0.25, 0.3) is 0 Å². The Morgan fingerprint density at radius 1 is 1.62 bits per heavy atom. The fourth-order valence-corrected chi connectivity index (χ4v) is 1.66. The minimum Gasteiger partial charge on any atom is -0.461 e. The van der Waals surface area contributed by atoms with Crippen LogP contribution in [0.4, 0.5) is 0 Å². The summed E-state index contributed by atoms with van der Waals surface area (Å²) in [4.78, 5) is 11.5.